The van der Waals surface area contributed by atoms with E-state index in [2.05, 4.69) is 4.74 Å². The number of alkyl halides is 3. The summed E-state index contributed by atoms with van der Waals surface area (Å²) in [7, 11) is -4.58. The molecule has 8 atom stereocenters. The van der Waals surface area contributed by atoms with E-state index in [-0.39, 0.29) is 17.2 Å². The van der Waals surface area contributed by atoms with Crippen molar-refractivity contribution in [3.63, 3.8) is 0 Å². The van der Waals surface area contributed by atoms with Crippen LogP contribution in [0.5, 0.6) is 11.5 Å². The number of hydrogen-bond donors (Lipinski definition) is 0. The Morgan fingerprint density at radius 2 is 1.73 bits per heavy atom. The highest BCUT2D eigenvalue weighted by atomic mass is 32.2. The van der Waals surface area contributed by atoms with Gasteiger partial charge in [-0.15, -0.1) is 13.2 Å². The van der Waals surface area contributed by atoms with Crippen LogP contribution < -0.4 is 9.47 Å². The highest BCUT2D eigenvalue weighted by Crippen LogP contribution is 2.70. The molecule has 1 aromatic carbocycles. The Hall–Kier alpha value is -2.01. The third-order valence-corrected chi connectivity index (χ3v) is 10.2. The number of carbonyl (C=O) groups is 1. The average molecular weight is 546 g/mol. The minimum atomic E-state index is -4.96. The first kappa shape index (κ1) is 26.6. The summed E-state index contributed by atoms with van der Waals surface area (Å²) in [6.07, 6.45) is 1.63. The molecule has 7 nitrogen and oxygen atoms in total. The number of carbonyl (C=O) groups excluding carboxylic acids is 1. The zero-order valence-electron chi connectivity index (χ0n) is 20.8. The van der Waals surface area contributed by atoms with Crippen LogP contribution in [0.4, 0.5) is 13.2 Å². The molecule has 5 rings (SSSR count). The van der Waals surface area contributed by atoms with Crippen molar-refractivity contribution in [2.24, 2.45) is 41.4 Å². The van der Waals surface area contributed by atoms with Crippen LogP contribution in [0.2, 0.25) is 0 Å². The van der Waals surface area contributed by atoms with Gasteiger partial charge in [-0.3, -0.25) is 0 Å². The molecule has 4 saturated carbocycles. The molecule has 4 aliphatic carbocycles. The largest absolute Gasteiger partial charge is 0.748 e. The number of ether oxygens (including phenoxy) is 3. The summed E-state index contributed by atoms with van der Waals surface area (Å²) < 4.78 is 87.3. The van der Waals surface area contributed by atoms with Crippen molar-refractivity contribution >= 4 is 16.1 Å². The summed E-state index contributed by atoms with van der Waals surface area (Å²) in [4.78, 5) is 12.4. The standard InChI is InChI=1S/C26H33F3O7S/c1-3-25(2,19-12-17-11-18(19)23-15-5-4-14(10-15)22(17)23)35-21-13-16(6-7-20(21)36-26(27,28)29)24(30)34-8-9-37(31,32)33/h6-7,13-15,17-19,22-23H,3-5,8-12H2,1-2H3,(H,31,32,33)/p-1. The van der Waals surface area contributed by atoms with Gasteiger partial charge in [-0.25, -0.2) is 13.2 Å². The fraction of sp³-hybridized carbons (Fsp3) is 0.731. The van der Waals surface area contributed by atoms with E-state index in [0.29, 0.717) is 24.2 Å². The van der Waals surface area contributed by atoms with Crippen LogP contribution in [-0.4, -0.2) is 43.3 Å². The number of hydrogen-bond acceptors (Lipinski definition) is 7. The van der Waals surface area contributed by atoms with E-state index in [9.17, 15) is 30.9 Å². The SMILES string of the molecule is CCC(C)(Oc1cc(C(=O)OCCS(=O)(=O)[O-])ccc1OC(F)(F)F)C1CC2CC1C1C3CCC(C3)C21. The van der Waals surface area contributed by atoms with Crippen LogP contribution in [-0.2, 0) is 14.9 Å². The lowest BCUT2D eigenvalue weighted by atomic mass is 9.63. The van der Waals surface area contributed by atoms with Crippen molar-refractivity contribution in [3.8, 4) is 11.5 Å². The van der Waals surface area contributed by atoms with E-state index < -0.39 is 46.2 Å². The van der Waals surface area contributed by atoms with Gasteiger partial charge in [0, 0.05) is 5.92 Å². The number of rotatable bonds is 9. The average Bonchev–Trinajstić information content (AvgIpc) is 3.58. The van der Waals surface area contributed by atoms with Gasteiger partial charge in [0.1, 0.15) is 12.2 Å². The lowest BCUT2D eigenvalue weighted by molar-refractivity contribution is -0.275. The Bertz CT molecular complexity index is 1150. The molecule has 0 heterocycles. The first-order chi connectivity index (χ1) is 17.3. The number of halogens is 3. The molecule has 0 radical (unpaired) electrons. The molecule has 0 saturated heterocycles. The maximum atomic E-state index is 13.2. The second-order valence-corrected chi connectivity index (χ2v) is 12.9. The van der Waals surface area contributed by atoms with Crippen molar-refractivity contribution in [1.82, 2.24) is 0 Å². The number of esters is 1. The van der Waals surface area contributed by atoms with Gasteiger partial charge in [0.05, 0.1) is 21.4 Å². The minimum absolute atomic E-state index is 0.132. The topological polar surface area (TPSA) is 102 Å². The van der Waals surface area contributed by atoms with Crippen LogP contribution in [0.15, 0.2) is 18.2 Å². The monoisotopic (exact) mass is 545 g/mol. The molecule has 0 N–H and O–H groups in total. The van der Waals surface area contributed by atoms with Gasteiger partial charge in [0.25, 0.3) is 0 Å². The third kappa shape index (κ3) is 5.17. The van der Waals surface area contributed by atoms with Crippen LogP contribution >= 0.6 is 0 Å². The Morgan fingerprint density at radius 3 is 2.38 bits per heavy atom. The quantitative estimate of drug-likeness (QED) is 0.240. The van der Waals surface area contributed by atoms with E-state index in [1.54, 1.807) is 0 Å². The van der Waals surface area contributed by atoms with Crippen molar-refractivity contribution in [1.29, 1.82) is 0 Å². The summed E-state index contributed by atoms with van der Waals surface area (Å²) in [5, 5.41) is 0. The maximum Gasteiger partial charge on any atom is 0.573 e. The van der Waals surface area contributed by atoms with Gasteiger partial charge in [-0.05, 0) is 99.2 Å². The molecule has 0 aliphatic heterocycles. The predicted octanol–water partition coefficient (Wildman–Crippen LogP) is 5.15. The number of fused-ring (bicyclic) bond motifs is 9. The molecule has 37 heavy (non-hydrogen) atoms. The molecule has 206 valence electrons. The normalized spacial score (nSPS) is 33.7. The van der Waals surface area contributed by atoms with Gasteiger partial charge < -0.3 is 18.8 Å². The molecular formula is C26H32F3O7S-. The Balaban J connectivity index is 1.39. The molecule has 4 aliphatic rings. The van der Waals surface area contributed by atoms with Gasteiger partial charge in [0.2, 0.25) is 0 Å². The summed E-state index contributed by atoms with van der Waals surface area (Å²) >= 11 is 0. The third-order valence-electron chi connectivity index (χ3n) is 9.54. The molecule has 0 amide bonds. The van der Waals surface area contributed by atoms with Crippen molar-refractivity contribution in [3.05, 3.63) is 23.8 Å². The molecule has 11 heteroatoms. The molecule has 4 bridgehead atoms. The molecular weight excluding hydrogens is 513 g/mol. The fourth-order valence-corrected chi connectivity index (χ4v) is 8.46. The van der Waals surface area contributed by atoms with Crippen LogP contribution in [0, 0.1) is 41.4 Å². The summed E-state index contributed by atoms with van der Waals surface area (Å²) in [5.74, 6) is 1.64. The van der Waals surface area contributed by atoms with Crippen molar-refractivity contribution in [2.75, 3.05) is 12.4 Å². The van der Waals surface area contributed by atoms with E-state index in [4.69, 9.17) is 9.47 Å². The minimum Gasteiger partial charge on any atom is -0.748 e. The highest BCUT2D eigenvalue weighted by Gasteiger charge is 2.64. The smallest absolute Gasteiger partial charge is 0.573 e. The van der Waals surface area contributed by atoms with Crippen LogP contribution in [0.25, 0.3) is 0 Å². The van der Waals surface area contributed by atoms with E-state index in [0.717, 1.165) is 48.8 Å². The van der Waals surface area contributed by atoms with Gasteiger partial charge in [-0.2, -0.15) is 0 Å². The van der Waals surface area contributed by atoms with Gasteiger partial charge >= 0.3 is 12.3 Å². The first-order valence-electron chi connectivity index (χ1n) is 13.0. The Morgan fingerprint density at radius 1 is 1.03 bits per heavy atom. The highest BCUT2D eigenvalue weighted by molar-refractivity contribution is 7.85. The van der Waals surface area contributed by atoms with Gasteiger partial charge in [-0.1, -0.05) is 6.92 Å². The molecule has 8 unspecified atom stereocenters. The second-order valence-electron chi connectivity index (χ2n) is 11.4. The van der Waals surface area contributed by atoms with Crippen LogP contribution in [0.3, 0.4) is 0 Å². The Labute approximate surface area is 214 Å². The number of benzene rings is 1. The molecule has 4 fully saturated rings. The lowest BCUT2D eigenvalue weighted by Gasteiger charge is -2.46. The first-order valence-corrected chi connectivity index (χ1v) is 14.5. The lowest BCUT2D eigenvalue weighted by Crippen LogP contribution is -2.47. The van der Waals surface area contributed by atoms with E-state index in [1.807, 2.05) is 13.8 Å². The molecule has 1 aromatic rings. The summed E-state index contributed by atoms with van der Waals surface area (Å²) in [6.45, 7) is 3.22. The second kappa shape index (κ2) is 9.32. The van der Waals surface area contributed by atoms with E-state index >= 15 is 0 Å². The van der Waals surface area contributed by atoms with Crippen LogP contribution in [0.1, 0.15) is 62.7 Å². The maximum absolute atomic E-state index is 13.2. The fourth-order valence-electron chi connectivity index (χ4n) is 8.17. The van der Waals surface area contributed by atoms with Gasteiger partial charge in [0.15, 0.2) is 11.5 Å². The Kier molecular flexibility index (Phi) is 6.70. The zero-order chi connectivity index (χ0) is 26.8. The summed E-state index contributed by atoms with van der Waals surface area (Å²) in [6, 6.07) is 3.21. The molecule has 0 spiro atoms. The van der Waals surface area contributed by atoms with Crippen molar-refractivity contribution < 1.29 is 45.1 Å². The zero-order valence-corrected chi connectivity index (χ0v) is 21.6. The molecule has 0 aromatic heterocycles. The van der Waals surface area contributed by atoms with E-state index in [1.165, 1.54) is 19.3 Å². The summed E-state index contributed by atoms with van der Waals surface area (Å²) in [5.41, 5.74) is -0.901. The van der Waals surface area contributed by atoms with Crippen molar-refractivity contribution in [2.45, 2.75) is 64.3 Å². The predicted molar refractivity (Wildman–Crippen MR) is 125 cm³/mol.